The van der Waals surface area contributed by atoms with Gasteiger partial charge in [0.15, 0.2) is 12.4 Å². The van der Waals surface area contributed by atoms with E-state index in [1.165, 1.54) is 16.2 Å². The quantitative estimate of drug-likeness (QED) is 0.243. The van der Waals surface area contributed by atoms with Crippen molar-refractivity contribution in [3.05, 3.63) is 51.9 Å². The van der Waals surface area contributed by atoms with Gasteiger partial charge in [0.25, 0.3) is 0 Å². The molecule has 1 N–H and O–H groups in total. The highest BCUT2D eigenvalue weighted by Gasteiger charge is 2.29. The van der Waals surface area contributed by atoms with Crippen LogP contribution < -0.4 is 9.47 Å². The van der Waals surface area contributed by atoms with E-state index in [0.29, 0.717) is 20.8 Å². The zero-order valence-electron chi connectivity index (χ0n) is 14.3. The molecule has 1 saturated heterocycles. The number of nitrogens with one attached hydrogen (secondary N) is 1. The Morgan fingerprint density at radius 1 is 1.31 bits per heavy atom. The second kappa shape index (κ2) is 9.53. The Kier molecular flexibility index (Phi) is 7.10. The smallest absolute Gasteiger partial charge is 0.244 e. The average Bonchev–Trinajstić information content (AvgIpc) is 3.10. The average molecular weight is 411 g/mol. The minimum Gasteiger partial charge on any atom is -0.758 e. The van der Waals surface area contributed by atoms with Gasteiger partial charge in [0.1, 0.15) is 13.1 Å². The third-order valence-electron chi connectivity index (χ3n) is 4.27. The van der Waals surface area contributed by atoms with Crippen LogP contribution in [-0.4, -0.2) is 50.2 Å². The van der Waals surface area contributed by atoms with E-state index in [1.807, 2.05) is 35.2 Å². The highest BCUT2D eigenvalue weighted by molar-refractivity contribution is 7.77. The first kappa shape index (κ1) is 19.4. The molecule has 2 aromatic heterocycles. The van der Waals surface area contributed by atoms with E-state index in [0.717, 1.165) is 32.8 Å². The van der Waals surface area contributed by atoms with Gasteiger partial charge in [-0.1, -0.05) is 17.7 Å². The molecule has 138 valence electrons. The summed E-state index contributed by atoms with van der Waals surface area (Å²) in [6.45, 7) is 5.07. The van der Waals surface area contributed by atoms with Gasteiger partial charge in [-0.15, -0.1) is 11.3 Å². The Morgan fingerprint density at radius 2 is 2.04 bits per heavy atom. The van der Waals surface area contributed by atoms with Crippen molar-refractivity contribution in [1.29, 1.82) is 0 Å². The summed E-state index contributed by atoms with van der Waals surface area (Å²) < 4.78 is 7.77. The van der Waals surface area contributed by atoms with Crippen LogP contribution >= 0.6 is 22.9 Å². The first-order valence-electron chi connectivity index (χ1n) is 8.53. The number of hydrogen-bond acceptors (Lipinski definition) is 5. The molecule has 1 atom stereocenters. The van der Waals surface area contributed by atoms with Crippen molar-refractivity contribution >= 4 is 46.4 Å². The predicted octanol–water partition coefficient (Wildman–Crippen LogP) is 0.974. The van der Waals surface area contributed by atoms with Gasteiger partial charge < -0.3 is 27.3 Å². The zero-order valence-corrected chi connectivity index (χ0v) is 16.7. The Morgan fingerprint density at radius 3 is 2.69 bits per heavy atom. The fourth-order valence-electron chi connectivity index (χ4n) is 2.86. The number of pyridine rings is 1. The van der Waals surface area contributed by atoms with Crippen molar-refractivity contribution in [3.8, 4) is 0 Å². The second-order valence-electron chi connectivity index (χ2n) is 6.03. The van der Waals surface area contributed by atoms with E-state index in [4.69, 9.17) is 29.0 Å². The van der Waals surface area contributed by atoms with Gasteiger partial charge in [0.2, 0.25) is 11.8 Å². The molecule has 0 saturated carbocycles. The lowest BCUT2D eigenvalue weighted by Gasteiger charge is -2.23. The number of hydrogen-bond donors (Lipinski definition) is 1. The molecule has 0 bridgehead atoms. The number of aromatic nitrogens is 1. The SMILES string of the molecule is O=C(c1ccc(Cl)s1)[C@@H](C([S-])=NCC[NH+]1CCOCC1)[n+]1ccccc1. The number of ketones is 1. The summed E-state index contributed by atoms with van der Waals surface area (Å²) in [7, 11) is 0. The third kappa shape index (κ3) is 5.08. The lowest BCUT2D eigenvalue weighted by molar-refractivity contribution is -0.906. The lowest BCUT2D eigenvalue weighted by atomic mass is 10.1. The number of thiophene rings is 1. The van der Waals surface area contributed by atoms with Gasteiger partial charge in [0.05, 0.1) is 35.5 Å². The number of carbonyl (C=O) groups excluding carboxylic acids is 1. The predicted molar refractivity (Wildman–Crippen MR) is 105 cm³/mol. The van der Waals surface area contributed by atoms with Crippen LogP contribution in [0, 0.1) is 0 Å². The normalized spacial score (nSPS) is 17.2. The summed E-state index contributed by atoms with van der Waals surface area (Å²) in [5.74, 6) is -0.0782. The number of carbonyl (C=O) groups is 1. The second-order valence-corrected chi connectivity index (χ2v) is 8.16. The topological polar surface area (TPSA) is 47.0 Å². The van der Waals surface area contributed by atoms with Crippen LogP contribution in [0.25, 0.3) is 0 Å². The summed E-state index contributed by atoms with van der Waals surface area (Å²) in [6, 6.07) is 8.51. The fraction of sp³-hybridized carbons (Fsp3) is 0.389. The van der Waals surface area contributed by atoms with E-state index in [-0.39, 0.29) is 5.78 Å². The molecular formula is C18H21ClN3O2S2+. The molecule has 0 unspecified atom stereocenters. The molecule has 26 heavy (non-hydrogen) atoms. The van der Waals surface area contributed by atoms with Crippen LogP contribution in [0.3, 0.4) is 0 Å². The molecule has 1 aliphatic rings. The molecule has 0 amide bonds. The Balaban J connectivity index is 1.76. The molecule has 1 aliphatic heterocycles. The Bertz CT molecular complexity index is 761. The van der Waals surface area contributed by atoms with Gasteiger partial charge in [-0.05, 0) is 17.2 Å². The molecule has 0 radical (unpaired) electrons. The minimum absolute atomic E-state index is 0.0782. The number of aliphatic imine (C=N–C) groups is 1. The Labute approximate surface area is 167 Å². The molecular weight excluding hydrogens is 390 g/mol. The van der Waals surface area contributed by atoms with Crippen molar-refractivity contribution in [1.82, 2.24) is 0 Å². The molecule has 2 aromatic rings. The van der Waals surface area contributed by atoms with Crippen LogP contribution in [0.2, 0.25) is 4.34 Å². The van der Waals surface area contributed by atoms with Gasteiger partial charge in [-0.3, -0.25) is 4.79 Å². The summed E-state index contributed by atoms with van der Waals surface area (Å²) >= 11 is 12.8. The maximum absolute atomic E-state index is 13.0. The van der Waals surface area contributed by atoms with Crippen LogP contribution in [0.5, 0.6) is 0 Å². The number of Topliss-reactive ketones (excluding diaryl/α,β-unsaturated/α-hetero) is 1. The van der Waals surface area contributed by atoms with Gasteiger partial charge in [0, 0.05) is 12.1 Å². The van der Waals surface area contributed by atoms with E-state index in [2.05, 4.69) is 4.99 Å². The summed E-state index contributed by atoms with van der Waals surface area (Å²) in [4.78, 5) is 19.6. The molecule has 0 spiro atoms. The monoisotopic (exact) mass is 410 g/mol. The molecule has 1 fully saturated rings. The maximum atomic E-state index is 13.0. The largest absolute Gasteiger partial charge is 0.758 e. The number of nitrogens with zero attached hydrogens (tertiary/aromatic N) is 2. The van der Waals surface area contributed by atoms with Gasteiger partial charge >= 0.3 is 0 Å². The van der Waals surface area contributed by atoms with Crippen LogP contribution in [-0.2, 0) is 17.4 Å². The summed E-state index contributed by atoms with van der Waals surface area (Å²) in [5.41, 5.74) is 0. The summed E-state index contributed by atoms with van der Waals surface area (Å²) in [6.07, 6.45) is 3.68. The van der Waals surface area contributed by atoms with E-state index < -0.39 is 6.04 Å². The third-order valence-corrected chi connectivity index (χ3v) is 5.87. The van der Waals surface area contributed by atoms with Crippen LogP contribution in [0.15, 0.2) is 47.7 Å². The Hall–Kier alpha value is -1.38. The van der Waals surface area contributed by atoms with Crippen molar-refractivity contribution in [2.75, 3.05) is 39.4 Å². The fourth-order valence-corrected chi connectivity index (χ4v) is 4.19. The highest BCUT2D eigenvalue weighted by atomic mass is 35.5. The standard InChI is InChI=1S/C18H20ClN3O2S2/c19-15-5-4-14(26-15)17(23)16(22-7-2-1-3-8-22)18(25)20-6-9-21-10-12-24-13-11-21/h1-5,7-8,16H,6,9-13H2/p+1/t16-/m0/s1. The molecule has 0 aromatic carbocycles. The number of rotatable bonds is 7. The number of ether oxygens (including phenoxy) is 1. The zero-order chi connectivity index (χ0) is 18.4. The van der Waals surface area contributed by atoms with E-state index >= 15 is 0 Å². The van der Waals surface area contributed by atoms with E-state index in [9.17, 15) is 4.79 Å². The first-order valence-corrected chi connectivity index (χ1v) is 10.1. The van der Waals surface area contributed by atoms with Gasteiger partial charge in [-0.2, -0.15) is 4.57 Å². The first-order chi connectivity index (χ1) is 12.6. The minimum atomic E-state index is -0.624. The number of morpholine rings is 1. The lowest BCUT2D eigenvalue weighted by Crippen LogP contribution is -3.14. The molecule has 3 rings (SSSR count). The highest BCUT2D eigenvalue weighted by Crippen LogP contribution is 2.24. The van der Waals surface area contributed by atoms with Crippen LogP contribution in [0.4, 0.5) is 0 Å². The van der Waals surface area contributed by atoms with Crippen LogP contribution in [0.1, 0.15) is 15.7 Å². The maximum Gasteiger partial charge on any atom is 0.244 e. The molecule has 5 nitrogen and oxygen atoms in total. The van der Waals surface area contributed by atoms with E-state index in [1.54, 1.807) is 12.1 Å². The van der Waals surface area contributed by atoms with Crippen molar-refractivity contribution in [2.24, 2.45) is 4.99 Å². The molecule has 0 aliphatic carbocycles. The number of quaternary nitrogens is 1. The summed E-state index contributed by atoms with van der Waals surface area (Å²) in [5, 5.41) is 0.406. The van der Waals surface area contributed by atoms with Crippen molar-refractivity contribution in [2.45, 2.75) is 6.04 Å². The molecule has 8 heteroatoms. The van der Waals surface area contributed by atoms with Crippen molar-refractivity contribution < 1.29 is 19.0 Å². The van der Waals surface area contributed by atoms with Gasteiger partial charge in [-0.25, -0.2) is 0 Å². The number of halogens is 1. The molecule has 3 heterocycles. The van der Waals surface area contributed by atoms with Crippen molar-refractivity contribution in [3.63, 3.8) is 0 Å².